The molecule has 8 heteroatoms. The van der Waals surface area contributed by atoms with Gasteiger partial charge in [0.05, 0.1) is 11.1 Å². The van der Waals surface area contributed by atoms with Crippen molar-refractivity contribution >= 4 is 0 Å². The maximum atomic E-state index is 13.3. The average molecular weight is 512 g/mol. The van der Waals surface area contributed by atoms with Crippen molar-refractivity contribution in [2.75, 3.05) is 26.2 Å². The summed E-state index contributed by atoms with van der Waals surface area (Å²) in [5, 5.41) is 0. The molecule has 1 unspecified atom stereocenters. The molecule has 1 saturated heterocycles. The Labute approximate surface area is 209 Å². The summed E-state index contributed by atoms with van der Waals surface area (Å²) in [7, 11) is 0. The van der Waals surface area contributed by atoms with Gasteiger partial charge in [0, 0.05) is 38.3 Å². The first-order chi connectivity index (χ1) is 17.0. The molecule has 2 aliphatic rings. The Kier molecular flexibility index (Phi) is 8.35. The van der Waals surface area contributed by atoms with E-state index in [2.05, 4.69) is 9.80 Å². The Balaban J connectivity index is 1.52. The van der Waals surface area contributed by atoms with Gasteiger partial charge >= 0.3 is 12.4 Å². The van der Waals surface area contributed by atoms with E-state index in [0.29, 0.717) is 6.04 Å². The molecule has 197 valence electrons. The minimum absolute atomic E-state index is 0.00832. The fourth-order valence-corrected chi connectivity index (χ4v) is 5.47. The average Bonchev–Trinajstić information content (AvgIpc) is 2.85. The van der Waals surface area contributed by atoms with Crippen LogP contribution in [0.25, 0.3) is 0 Å². The van der Waals surface area contributed by atoms with E-state index >= 15 is 0 Å². The Morgan fingerprint density at radius 2 is 1.36 bits per heavy atom. The molecule has 1 radical (unpaired) electrons. The van der Waals surface area contributed by atoms with Crippen LogP contribution in [0.4, 0.5) is 26.3 Å². The van der Waals surface area contributed by atoms with Crippen molar-refractivity contribution in [1.82, 2.24) is 9.80 Å². The van der Waals surface area contributed by atoms with Gasteiger partial charge in [0.2, 0.25) is 0 Å². The second-order valence-electron chi connectivity index (χ2n) is 10.1. The van der Waals surface area contributed by atoms with Crippen molar-refractivity contribution in [2.24, 2.45) is 0 Å². The van der Waals surface area contributed by atoms with Gasteiger partial charge < -0.3 is 0 Å². The standard InChI is InChI=1S/C28H33F6N2/c1-20-7-10-22(11-8-20)26(36-15-13-35(14-16-36)25-5-3-2-4-6-25)12-9-21-17-23(27(29,30)31)19-24(18-21)28(32,33)34/h7-8,10-12,17-19,25-26H,2-6,9,13-16H2,1H3. The van der Waals surface area contributed by atoms with Gasteiger partial charge in [0.1, 0.15) is 0 Å². The summed E-state index contributed by atoms with van der Waals surface area (Å²) in [5.74, 6) is 0. The third-order valence-corrected chi connectivity index (χ3v) is 7.48. The van der Waals surface area contributed by atoms with Gasteiger partial charge in [0.25, 0.3) is 0 Å². The molecular formula is C28H33F6N2. The third-order valence-electron chi connectivity index (χ3n) is 7.48. The smallest absolute Gasteiger partial charge is 0.298 e. The summed E-state index contributed by atoms with van der Waals surface area (Å²) in [5.41, 5.74) is -0.445. The summed E-state index contributed by atoms with van der Waals surface area (Å²) in [6, 6.07) is 10.2. The molecule has 1 saturated carbocycles. The largest absolute Gasteiger partial charge is 0.416 e. The molecule has 0 amide bonds. The maximum absolute atomic E-state index is 13.3. The van der Waals surface area contributed by atoms with Gasteiger partial charge in [-0.05, 0) is 61.9 Å². The number of alkyl halides is 6. The molecule has 2 nitrogen and oxygen atoms in total. The first-order valence-corrected chi connectivity index (χ1v) is 12.7. The van der Waals surface area contributed by atoms with Crippen LogP contribution in [0, 0.1) is 13.3 Å². The maximum Gasteiger partial charge on any atom is 0.416 e. The highest BCUT2D eigenvalue weighted by Crippen LogP contribution is 2.37. The predicted octanol–water partition coefficient (Wildman–Crippen LogP) is 7.47. The number of halogens is 6. The van der Waals surface area contributed by atoms with Crippen LogP contribution in [0.5, 0.6) is 0 Å². The van der Waals surface area contributed by atoms with E-state index in [9.17, 15) is 26.3 Å². The van der Waals surface area contributed by atoms with Gasteiger partial charge in [-0.2, -0.15) is 26.3 Å². The molecule has 2 aromatic rings. The molecule has 36 heavy (non-hydrogen) atoms. The lowest BCUT2D eigenvalue weighted by Gasteiger charge is -2.43. The lowest BCUT2D eigenvalue weighted by atomic mass is 9.92. The molecule has 1 atom stereocenters. The van der Waals surface area contributed by atoms with Gasteiger partial charge in [-0.25, -0.2) is 0 Å². The fourth-order valence-electron chi connectivity index (χ4n) is 5.47. The highest BCUT2D eigenvalue weighted by atomic mass is 19.4. The second kappa shape index (κ2) is 11.1. The zero-order chi connectivity index (χ0) is 25.9. The lowest BCUT2D eigenvalue weighted by Crippen LogP contribution is -2.51. The van der Waals surface area contributed by atoms with E-state index in [1.54, 1.807) is 0 Å². The Morgan fingerprint density at radius 3 is 1.89 bits per heavy atom. The summed E-state index contributed by atoms with van der Waals surface area (Å²) < 4.78 is 80.0. The van der Waals surface area contributed by atoms with Gasteiger partial charge in [-0.15, -0.1) is 0 Å². The zero-order valence-electron chi connectivity index (χ0n) is 20.5. The molecule has 1 aliphatic heterocycles. The van der Waals surface area contributed by atoms with E-state index < -0.39 is 23.5 Å². The monoisotopic (exact) mass is 511 g/mol. The first-order valence-electron chi connectivity index (χ1n) is 12.7. The normalized spacial score (nSPS) is 20.0. The molecule has 0 spiro atoms. The zero-order valence-corrected chi connectivity index (χ0v) is 20.5. The van der Waals surface area contributed by atoms with Gasteiger partial charge in [0.15, 0.2) is 0 Å². The Hall–Kier alpha value is -2.06. The number of rotatable bonds is 6. The van der Waals surface area contributed by atoms with Crippen LogP contribution in [-0.4, -0.2) is 42.0 Å². The second-order valence-corrected chi connectivity index (χ2v) is 10.1. The lowest BCUT2D eigenvalue weighted by molar-refractivity contribution is -0.143. The molecule has 2 aromatic carbocycles. The first kappa shape index (κ1) is 27.0. The van der Waals surface area contributed by atoms with E-state index in [-0.39, 0.29) is 24.1 Å². The van der Waals surface area contributed by atoms with Crippen molar-refractivity contribution in [1.29, 1.82) is 0 Å². The van der Waals surface area contributed by atoms with Crippen LogP contribution in [0.1, 0.15) is 66.0 Å². The molecule has 0 bridgehead atoms. The SMILES string of the molecule is Cc1ccc(C([CH]Cc2cc(C(F)(F)F)cc(C(F)(F)F)c2)N2CCN(C3CCCCC3)CC2)cc1. The molecule has 4 rings (SSSR count). The summed E-state index contributed by atoms with van der Waals surface area (Å²) in [6.45, 7) is 5.43. The van der Waals surface area contributed by atoms with Crippen molar-refractivity contribution in [3.8, 4) is 0 Å². The predicted molar refractivity (Wildman–Crippen MR) is 128 cm³/mol. The Bertz CT molecular complexity index is 952. The van der Waals surface area contributed by atoms with Crippen molar-refractivity contribution in [2.45, 2.75) is 69.9 Å². The van der Waals surface area contributed by atoms with Crippen molar-refractivity contribution in [3.05, 3.63) is 76.7 Å². The molecule has 0 N–H and O–H groups in total. The number of benzene rings is 2. The van der Waals surface area contributed by atoms with E-state index in [0.717, 1.165) is 49.4 Å². The Morgan fingerprint density at radius 1 is 0.806 bits per heavy atom. The molecule has 1 heterocycles. The number of hydrogen-bond donors (Lipinski definition) is 0. The number of aryl methyl sites for hydroxylation is 1. The molecule has 2 fully saturated rings. The van der Waals surface area contributed by atoms with Crippen LogP contribution in [0.3, 0.4) is 0 Å². The fraction of sp³-hybridized carbons (Fsp3) is 0.536. The minimum Gasteiger partial charge on any atom is -0.298 e. The van der Waals surface area contributed by atoms with Crippen LogP contribution in [-0.2, 0) is 18.8 Å². The van der Waals surface area contributed by atoms with E-state index in [1.165, 1.54) is 32.1 Å². The van der Waals surface area contributed by atoms with E-state index in [1.807, 2.05) is 37.6 Å². The topological polar surface area (TPSA) is 6.48 Å². The summed E-state index contributed by atoms with van der Waals surface area (Å²) in [4.78, 5) is 4.84. The highest BCUT2D eigenvalue weighted by molar-refractivity contribution is 5.35. The van der Waals surface area contributed by atoms with E-state index in [4.69, 9.17) is 0 Å². The van der Waals surface area contributed by atoms with Crippen LogP contribution in [0.15, 0.2) is 42.5 Å². The van der Waals surface area contributed by atoms with Crippen LogP contribution < -0.4 is 0 Å². The number of piperazine rings is 1. The minimum atomic E-state index is -4.85. The third kappa shape index (κ3) is 6.82. The highest BCUT2D eigenvalue weighted by Gasteiger charge is 2.37. The number of nitrogens with zero attached hydrogens (tertiary/aromatic N) is 2. The summed E-state index contributed by atoms with van der Waals surface area (Å²) >= 11 is 0. The van der Waals surface area contributed by atoms with Gasteiger partial charge in [-0.3, -0.25) is 9.80 Å². The van der Waals surface area contributed by atoms with Crippen LogP contribution in [0.2, 0.25) is 0 Å². The molecule has 0 aromatic heterocycles. The molecule has 1 aliphatic carbocycles. The van der Waals surface area contributed by atoms with Gasteiger partial charge in [-0.1, -0.05) is 49.1 Å². The van der Waals surface area contributed by atoms with Crippen molar-refractivity contribution in [3.63, 3.8) is 0 Å². The van der Waals surface area contributed by atoms with Crippen molar-refractivity contribution < 1.29 is 26.3 Å². The molecular weight excluding hydrogens is 478 g/mol. The quantitative estimate of drug-likeness (QED) is 0.371. The van der Waals surface area contributed by atoms with Crippen LogP contribution >= 0.6 is 0 Å². The number of hydrogen-bond acceptors (Lipinski definition) is 2. The summed E-state index contributed by atoms with van der Waals surface area (Å²) in [6.07, 6.45) is -1.54.